The highest BCUT2D eigenvalue weighted by Gasteiger charge is 2.19. The van der Waals surface area contributed by atoms with Crippen molar-refractivity contribution in [3.8, 4) is 5.75 Å². The number of rotatable bonds is 7. The van der Waals surface area contributed by atoms with Gasteiger partial charge in [0.25, 0.3) is 0 Å². The molecule has 0 unspecified atom stereocenters. The molecule has 7 heteroatoms. The molecule has 0 spiro atoms. The molecule has 6 nitrogen and oxygen atoms in total. The molecule has 0 amide bonds. The van der Waals surface area contributed by atoms with Crippen molar-refractivity contribution in [2.24, 2.45) is 4.99 Å². The van der Waals surface area contributed by atoms with E-state index >= 15 is 0 Å². The van der Waals surface area contributed by atoms with Gasteiger partial charge in [0.15, 0.2) is 5.96 Å². The fraction of sp³-hybridized carbons (Fsp3) is 0.571. The molecule has 28 heavy (non-hydrogen) atoms. The van der Waals surface area contributed by atoms with E-state index in [1.165, 1.54) is 5.57 Å². The zero-order valence-electron chi connectivity index (χ0n) is 16.8. The van der Waals surface area contributed by atoms with Crippen LogP contribution in [0, 0.1) is 0 Å². The van der Waals surface area contributed by atoms with Gasteiger partial charge in [-0.25, -0.2) is 0 Å². The lowest BCUT2D eigenvalue weighted by molar-refractivity contribution is 0.151. The Kier molecular flexibility index (Phi) is 10.7. The third kappa shape index (κ3) is 7.60. The van der Waals surface area contributed by atoms with E-state index < -0.39 is 0 Å². The first-order chi connectivity index (χ1) is 13.3. The molecule has 2 aliphatic rings. The number of hydrogen-bond acceptors (Lipinski definition) is 4. The van der Waals surface area contributed by atoms with Gasteiger partial charge in [-0.15, -0.1) is 24.0 Å². The van der Waals surface area contributed by atoms with Crippen LogP contribution in [0.15, 0.2) is 47.0 Å². The Bertz CT molecular complexity index is 616. The second-order valence-corrected chi connectivity index (χ2v) is 6.90. The molecule has 0 saturated carbocycles. The lowest BCUT2D eigenvalue weighted by atomic mass is 10.1. The summed E-state index contributed by atoms with van der Waals surface area (Å²) in [5, 5.41) is 3.52. The van der Waals surface area contributed by atoms with E-state index in [-0.39, 0.29) is 24.0 Å². The first-order valence-corrected chi connectivity index (χ1v) is 9.96. The lowest BCUT2D eigenvalue weighted by Crippen LogP contribution is -2.53. The van der Waals surface area contributed by atoms with Crippen molar-refractivity contribution in [1.82, 2.24) is 15.1 Å². The van der Waals surface area contributed by atoms with Crippen LogP contribution in [0.4, 0.5) is 0 Å². The molecule has 2 heterocycles. The summed E-state index contributed by atoms with van der Waals surface area (Å²) in [5.74, 6) is 1.96. The Labute approximate surface area is 186 Å². The molecular formula is C21H33IN4O2. The third-order valence-corrected chi connectivity index (χ3v) is 5.09. The second-order valence-electron chi connectivity index (χ2n) is 6.90. The van der Waals surface area contributed by atoms with Gasteiger partial charge in [-0.1, -0.05) is 29.8 Å². The number of halogens is 1. The van der Waals surface area contributed by atoms with E-state index in [4.69, 9.17) is 9.47 Å². The standard InChI is InChI=1S/C21H32N4O2.HI/c1-22-21(23-10-7-19-8-16-26-17-9-19)25-13-11-24(12-14-25)15-18-27-20-5-3-2-4-6-20;/h2-6,8H,7,9-18H2,1H3,(H,22,23);1H. The highest BCUT2D eigenvalue weighted by atomic mass is 127. The number of piperazine rings is 1. The largest absolute Gasteiger partial charge is 0.492 e. The van der Waals surface area contributed by atoms with Gasteiger partial charge in [-0.05, 0) is 25.0 Å². The highest BCUT2D eigenvalue weighted by Crippen LogP contribution is 2.11. The minimum atomic E-state index is 0. The molecule has 0 aliphatic carbocycles. The summed E-state index contributed by atoms with van der Waals surface area (Å²) < 4.78 is 11.2. The third-order valence-electron chi connectivity index (χ3n) is 5.09. The average Bonchev–Trinajstić information content (AvgIpc) is 2.73. The number of nitrogens with zero attached hydrogens (tertiary/aromatic N) is 3. The monoisotopic (exact) mass is 500 g/mol. The summed E-state index contributed by atoms with van der Waals surface area (Å²) in [6, 6.07) is 10.0. The lowest BCUT2D eigenvalue weighted by Gasteiger charge is -2.36. The number of ether oxygens (including phenoxy) is 2. The molecule has 1 aromatic carbocycles. The molecule has 2 aliphatic heterocycles. The smallest absolute Gasteiger partial charge is 0.193 e. The van der Waals surface area contributed by atoms with Crippen LogP contribution in [0.2, 0.25) is 0 Å². The number of nitrogens with one attached hydrogen (secondary N) is 1. The summed E-state index contributed by atoms with van der Waals surface area (Å²) in [7, 11) is 1.87. The SMILES string of the molecule is CN=C(NCCC1=CCOCC1)N1CCN(CCOc2ccccc2)CC1.I. The minimum Gasteiger partial charge on any atom is -0.492 e. The molecule has 3 rings (SSSR count). The van der Waals surface area contributed by atoms with Crippen molar-refractivity contribution < 1.29 is 9.47 Å². The molecule has 156 valence electrons. The zero-order chi connectivity index (χ0) is 18.7. The van der Waals surface area contributed by atoms with Crippen LogP contribution in [0.1, 0.15) is 12.8 Å². The zero-order valence-corrected chi connectivity index (χ0v) is 19.1. The first kappa shape index (κ1) is 23.0. The number of guanidine groups is 1. The van der Waals surface area contributed by atoms with Gasteiger partial charge in [0.05, 0.1) is 13.2 Å². The van der Waals surface area contributed by atoms with E-state index in [0.29, 0.717) is 0 Å². The van der Waals surface area contributed by atoms with Crippen LogP contribution in [-0.2, 0) is 4.74 Å². The van der Waals surface area contributed by atoms with Crippen LogP contribution < -0.4 is 10.1 Å². The highest BCUT2D eigenvalue weighted by molar-refractivity contribution is 14.0. The quantitative estimate of drug-likeness (QED) is 0.270. The van der Waals surface area contributed by atoms with Gasteiger partial charge in [-0.3, -0.25) is 9.89 Å². The summed E-state index contributed by atoms with van der Waals surface area (Å²) in [6.45, 7) is 8.34. The molecule has 1 aromatic rings. The molecule has 1 saturated heterocycles. The Morgan fingerprint density at radius 2 is 1.96 bits per heavy atom. The van der Waals surface area contributed by atoms with Crippen LogP contribution in [0.25, 0.3) is 0 Å². The van der Waals surface area contributed by atoms with Crippen LogP contribution >= 0.6 is 24.0 Å². The second kappa shape index (κ2) is 13.0. The van der Waals surface area contributed by atoms with Crippen molar-refractivity contribution in [1.29, 1.82) is 0 Å². The van der Waals surface area contributed by atoms with Crippen molar-refractivity contribution in [2.45, 2.75) is 12.8 Å². The van der Waals surface area contributed by atoms with Gasteiger partial charge >= 0.3 is 0 Å². The maximum atomic E-state index is 5.81. The summed E-state index contributed by atoms with van der Waals surface area (Å²) in [5.41, 5.74) is 1.49. The number of hydrogen-bond donors (Lipinski definition) is 1. The van der Waals surface area contributed by atoms with Crippen LogP contribution in [-0.4, -0.2) is 81.9 Å². The molecule has 0 bridgehead atoms. The van der Waals surface area contributed by atoms with Crippen molar-refractivity contribution >= 4 is 29.9 Å². The summed E-state index contributed by atoms with van der Waals surface area (Å²) >= 11 is 0. The van der Waals surface area contributed by atoms with Crippen molar-refractivity contribution in [3.63, 3.8) is 0 Å². The predicted molar refractivity (Wildman–Crippen MR) is 125 cm³/mol. The fourth-order valence-electron chi connectivity index (χ4n) is 3.45. The van der Waals surface area contributed by atoms with E-state index in [1.54, 1.807) is 0 Å². The van der Waals surface area contributed by atoms with E-state index in [1.807, 2.05) is 37.4 Å². The molecule has 1 N–H and O–H groups in total. The van der Waals surface area contributed by atoms with Gasteiger partial charge in [0.2, 0.25) is 0 Å². The van der Waals surface area contributed by atoms with E-state index in [0.717, 1.165) is 83.6 Å². The topological polar surface area (TPSA) is 49.3 Å². The summed E-state index contributed by atoms with van der Waals surface area (Å²) in [4.78, 5) is 9.28. The van der Waals surface area contributed by atoms with Gasteiger partial charge < -0.3 is 19.7 Å². The molecule has 0 aromatic heterocycles. The van der Waals surface area contributed by atoms with Crippen molar-refractivity contribution in [3.05, 3.63) is 42.0 Å². The normalized spacial score (nSPS) is 18.2. The van der Waals surface area contributed by atoms with Crippen LogP contribution in [0.5, 0.6) is 5.75 Å². The Morgan fingerprint density at radius 1 is 1.18 bits per heavy atom. The number of benzene rings is 1. The first-order valence-electron chi connectivity index (χ1n) is 9.96. The van der Waals surface area contributed by atoms with Gasteiger partial charge in [-0.2, -0.15) is 0 Å². The Morgan fingerprint density at radius 3 is 2.64 bits per heavy atom. The van der Waals surface area contributed by atoms with Gasteiger partial charge in [0, 0.05) is 46.3 Å². The number of para-hydroxylation sites is 1. The van der Waals surface area contributed by atoms with E-state index in [2.05, 4.69) is 26.2 Å². The maximum absolute atomic E-state index is 5.81. The fourth-order valence-corrected chi connectivity index (χ4v) is 3.45. The van der Waals surface area contributed by atoms with E-state index in [9.17, 15) is 0 Å². The van der Waals surface area contributed by atoms with Crippen molar-refractivity contribution in [2.75, 3.05) is 66.1 Å². The Hall–Kier alpha value is -1.32. The molecule has 0 atom stereocenters. The molecular weight excluding hydrogens is 467 g/mol. The number of aliphatic imine (C=N–C) groups is 1. The van der Waals surface area contributed by atoms with Gasteiger partial charge in [0.1, 0.15) is 12.4 Å². The maximum Gasteiger partial charge on any atom is 0.193 e. The Balaban J connectivity index is 0.00000280. The predicted octanol–water partition coefficient (Wildman–Crippen LogP) is 2.61. The van der Waals surface area contributed by atoms with Crippen LogP contribution in [0.3, 0.4) is 0 Å². The minimum absolute atomic E-state index is 0. The molecule has 1 fully saturated rings. The average molecular weight is 500 g/mol. The summed E-state index contributed by atoms with van der Waals surface area (Å²) in [6.07, 6.45) is 4.34. The molecule has 0 radical (unpaired) electrons.